The van der Waals surface area contributed by atoms with E-state index >= 15 is 0 Å². The van der Waals surface area contributed by atoms with Crippen LogP contribution in [0.3, 0.4) is 0 Å². The van der Waals surface area contributed by atoms with Crippen molar-refractivity contribution in [3.63, 3.8) is 0 Å². The number of hydrogen-bond donors (Lipinski definition) is 9. The predicted molar refractivity (Wildman–Crippen MR) is 459 cm³/mol. The van der Waals surface area contributed by atoms with Gasteiger partial charge in [0.25, 0.3) is 0 Å². The van der Waals surface area contributed by atoms with Gasteiger partial charge >= 0.3 is 29.8 Å². The molecule has 3 unspecified atom stereocenters. The molecule has 2 fully saturated rings. The minimum absolute atomic E-state index is 0.0157. The first-order valence-electron chi connectivity index (χ1n) is 46.8. The lowest BCUT2D eigenvalue weighted by atomic mass is 10.1. The minimum Gasteiger partial charge on any atom is -0.464 e. The highest BCUT2D eigenvalue weighted by Gasteiger charge is 2.42. The first-order valence-corrected chi connectivity index (χ1v) is 46.8. The summed E-state index contributed by atoms with van der Waals surface area (Å²) in [6.45, 7) is 11.5. The Morgan fingerprint density at radius 3 is 0.852 bits per heavy atom. The van der Waals surface area contributed by atoms with Crippen LogP contribution in [0.5, 0.6) is 0 Å². The number of allylic oxidation sites excluding steroid dienone is 4. The van der Waals surface area contributed by atoms with E-state index in [9.17, 15) is 59.7 Å². The summed E-state index contributed by atoms with van der Waals surface area (Å²) in [5.41, 5.74) is 0. The van der Waals surface area contributed by atoms with Crippen molar-refractivity contribution < 1.29 is 108 Å². The molecule has 2 saturated heterocycles. The molecule has 0 aromatic carbocycles. The lowest BCUT2D eigenvalue weighted by Gasteiger charge is -2.24. The molecular formula is C93H176O22. The van der Waals surface area contributed by atoms with E-state index in [1.54, 1.807) is 0 Å². The maximum atomic E-state index is 12.2. The Bertz CT molecular complexity index is 2180. The van der Waals surface area contributed by atoms with Gasteiger partial charge in [-0.25, -0.2) is 4.79 Å². The van der Waals surface area contributed by atoms with Crippen molar-refractivity contribution in [1.29, 1.82) is 0 Å². The SMILES string of the molecule is CCCCCCCC/C=C\CCCCCCCC(=O)OCC(COC(=O)CCCCCCCCCCC)OCC(O)CO.CCCCCCCC/C=C\CCCCCCCC(=O)O[C@H](CO)[C@H]1OC[C@H](O)[C@H]1O.CCCCCCCCCCCC(=O)O[C@H](CO)[C@H]1OC[C@H](O)[C@H]1O.CCCCCCCCCCCCOC(=O)C(C)O. The molecule has 0 spiro atoms. The van der Waals surface area contributed by atoms with E-state index < -0.39 is 105 Å². The molecule has 2 aliphatic heterocycles. The Hall–Kier alpha value is -3.65. The van der Waals surface area contributed by atoms with E-state index in [0.717, 1.165) is 109 Å². The quantitative estimate of drug-likeness (QED) is 0.0118. The topological polar surface area (TPSA) is 341 Å². The van der Waals surface area contributed by atoms with Gasteiger partial charge in [-0.05, 0) is 90.4 Å². The van der Waals surface area contributed by atoms with Crippen molar-refractivity contribution in [3.05, 3.63) is 24.3 Å². The fraction of sp³-hybridized carbons (Fsp3) is 0.903. The monoisotopic (exact) mass is 1650 g/mol. The first kappa shape index (κ1) is 113. The Morgan fingerprint density at radius 2 is 0.600 bits per heavy atom. The number of carbonyl (C=O) groups excluding carboxylic acids is 5. The number of rotatable bonds is 76. The van der Waals surface area contributed by atoms with Gasteiger partial charge in [-0.3, -0.25) is 19.2 Å². The lowest BCUT2D eigenvalue weighted by molar-refractivity contribution is -0.163. The summed E-state index contributed by atoms with van der Waals surface area (Å²) in [6, 6.07) is 0. The molecule has 9 N–H and O–H groups in total. The minimum atomic E-state index is -1.14. The third kappa shape index (κ3) is 74.0. The van der Waals surface area contributed by atoms with Crippen LogP contribution in [-0.4, -0.2) is 202 Å². The third-order valence-electron chi connectivity index (χ3n) is 21.0. The first-order chi connectivity index (χ1) is 55.9. The van der Waals surface area contributed by atoms with Gasteiger partial charge in [0, 0.05) is 25.7 Å². The molecule has 0 saturated carbocycles. The smallest absolute Gasteiger partial charge is 0.334 e. The lowest BCUT2D eigenvalue weighted by Crippen LogP contribution is -2.43. The second-order valence-corrected chi connectivity index (χ2v) is 32.1. The fourth-order valence-corrected chi connectivity index (χ4v) is 13.5. The molecule has 22 heteroatoms. The second-order valence-electron chi connectivity index (χ2n) is 32.1. The van der Waals surface area contributed by atoms with Crippen LogP contribution in [0.2, 0.25) is 0 Å². The van der Waals surface area contributed by atoms with Crippen LogP contribution < -0.4 is 0 Å². The summed E-state index contributed by atoms with van der Waals surface area (Å²) in [5, 5.41) is 84.8. The molecule has 2 heterocycles. The van der Waals surface area contributed by atoms with Crippen LogP contribution in [0.1, 0.15) is 414 Å². The molecule has 0 aliphatic carbocycles. The van der Waals surface area contributed by atoms with Crippen molar-refractivity contribution in [3.8, 4) is 0 Å². The Morgan fingerprint density at radius 1 is 0.339 bits per heavy atom. The summed E-state index contributed by atoms with van der Waals surface area (Å²) in [6.07, 6.45) is 65.0. The van der Waals surface area contributed by atoms with E-state index in [1.807, 2.05) is 0 Å². The highest BCUT2D eigenvalue weighted by atomic mass is 16.6. The van der Waals surface area contributed by atoms with Crippen LogP contribution in [0.15, 0.2) is 24.3 Å². The van der Waals surface area contributed by atoms with E-state index in [0.29, 0.717) is 32.3 Å². The van der Waals surface area contributed by atoms with Gasteiger partial charge in [0.15, 0.2) is 12.2 Å². The zero-order valence-electron chi connectivity index (χ0n) is 73.9. The summed E-state index contributed by atoms with van der Waals surface area (Å²) < 4.78 is 42.0. The van der Waals surface area contributed by atoms with Crippen molar-refractivity contribution in [2.45, 2.75) is 481 Å². The van der Waals surface area contributed by atoms with Crippen molar-refractivity contribution in [1.82, 2.24) is 0 Å². The van der Waals surface area contributed by atoms with Crippen LogP contribution >= 0.6 is 0 Å². The normalized spacial score (nSPS) is 17.9. The highest BCUT2D eigenvalue weighted by molar-refractivity contribution is 5.73. The molecule has 2 rings (SSSR count). The van der Waals surface area contributed by atoms with Gasteiger partial charge < -0.3 is 83.9 Å². The predicted octanol–water partition coefficient (Wildman–Crippen LogP) is 18.6. The molecule has 0 radical (unpaired) electrons. The van der Waals surface area contributed by atoms with Gasteiger partial charge in [0.05, 0.1) is 46.2 Å². The summed E-state index contributed by atoms with van der Waals surface area (Å²) in [5.74, 6) is -1.89. The molecule has 115 heavy (non-hydrogen) atoms. The van der Waals surface area contributed by atoms with Gasteiger partial charge in [0.1, 0.15) is 68.1 Å². The van der Waals surface area contributed by atoms with Crippen LogP contribution in [0, 0.1) is 0 Å². The molecule has 22 nitrogen and oxygen atoms in total. The third-order valence-corrected chi connectivity index (χ3v) is 21.0. The standard InChI is InChI=1S/C36H68O7.C24H44O6.C18H34O6.C15H30O3/c1-3-5-7-9-11-13-14-15-16-17-18-20-22-24-26-28-36(40)43-32-34(41-30-33(38)29-37)31-42-35(39)27-25-23-21-19-12-10-8-6-4-2;1-2-3-4-5-6-7-8-9-10-11-12-13-14-15-16-17-22(27)30-21(18-25)24-23(28)20(26)19-29-24;1-2-3-4-5-6-7-8-9-10-11-16(21)24-15(12-19)18-17(22)14(20)13-23-18;1-3-4-5-6-7-8-9-10-11-12-13-18-15(17)14(2)16/h15-16,33-34,37-38H,3-14,17-32H2,1-2H3;9-10,20-21,23-26,28H,2-8,11-19H2,1H3;14-15,17-20,22H,2-13H2,1H3;14,16H,3-13H2,1-2H3/b16-15-;10-9-;;/t;20-,21+,23+,24+;14-,15+,17+,18+;/m.00./s1. The van der Waals surface area contributed by atoms with E-state index in [-0.39, 0.29) is 45.0 Å². The van der Waals surface area contributed by atoms with Crippen molar-refractivity contribution >= 4 is 29.8 Å². The van der Waals surface area contributed by atoms with Gasteiger partial charge in [-0.15, -0.1) is 0 Å². The van der Waals surface area contributed by atoms with Gasteiger partial charge in [0.2, 0.25) is 0 Å². The number of unbranched alkanes of at least 4 members (excludes halogenated alkanes) is 47. The average molecular weight is 1650 g/mol. The summed E-state index contributed by atoms with van der Waals surface area (Å²) in [7, 11) is 0. The Balaban J connectivity index is 0. The molecule has 0 amide bonds. The molecule has 0 aromatic heterocycles. The number of hydrogen-bond acceptors (Lipinski definition) is 22. The number of esters is 5. The van der Waals surface area contributed by atoms with Gasteiger partial charge in [-0.2, -0.15) is 0 Å². The molecule has 11 atom stereocenters. The number of carbonyl (C=O) groups is 5. The molecule has 2 aliphatic rings. The van der Waals surface area contributed by atoms with Gasteiger partial charge in [-0.1, -0.05) is 322 Å². The maximum absolute atomic E-state index is 12.2. The number of ether oxygens (including phenoxy) is 8. The summed E-state index contributed by atoms with van der Waals surface area (Å²) in [4.78, 5) is 59.1. The molecule has 0 aromatic rings. The largest absolute Gasteiger partial charge is 0.464 e. The highest BCUT2D eigenvalue weighted by Crippen LogP contribution is 2.24. The molecule has 680 valence electrons. The Labute approximate surface area is 699 Å². The second kappa shape index (κ2) is 86.7. The number of aliphatic hydroxyl groups excluding tert-OH is 9. The van der Waals surface area contributed by atoms with Crippen molar-refractivity contribution in [2.75, 3.05) is 59.5 Å². The summed E-state index contributed by atoms with van der Waals surface area (Å²) >= 11 is 0. The fourth-order valence-electron chi connectivity index (χ4n) is 13.5. The zero-order valence-corrected chi connectivity index (χ0v) is 73.9. The maximum Gasteiger partial charge on any atom is 0.334 e. The average Bonchev–Trinajstić information content (AvgIpc) is 1.72. The molecule has 0 bridgehead atoms. The zero-order chi connectivity index (χ0) is 85.1. The molecular weight excluding hydrogens is 1470 g/mol. The van der Waals surface area contributed by atoms with Crippen LogP contribution in [0.4, 0.5) is 0 Å². The van der Waals surface area contributed by atoms with Crippen LogP contribution in [0.25, 0.3) is 0 Å². The van der Waals surface area contributed by atoms with Crippen molar-refractivity contribution in [2.24, 2.45) is 0 Å². The van der Waals surface area contributed by atoms with E-state index in [2.05, 4.69) is 58.9 Å². The Kier molecular flexibility index (Phi) is 85.5. The van der Waals surface area contributed by atoms with Crippen LogP contribution in [-0.2, 0) is 61.9 Å². The number of aliphatic hydroxyl groups is 9. The van der Waals surface area contributed by atoms with E-state index in [1.165, 1.54) is 244 Å². The van der Waals surface area contributed by atoms with E-state index in [4.69, 9.17) is 48.1 Å².